The van der Waals surface area contributed by atoms with Crippen LogP contribution >= 0.6 is 0 Å². The van der Waals surface area contributed by atoms with E-state index in [1.165, 1.54) is 6.07 Å². The summed E-state index contributed by atoms with van der Waals surface area (Å²) < 4.78 is 13.6. The highest BCUT2D eigenvalue weighted by Crippen LogP contribution is 2.21. The number of nitrogens with zero attached hydrogens (tertiary/aromatic N) is 1. The summed E-state index contributed by atoms with van der Waals surface area (Å²) in [6, 6.07) is 6.95. The highest BCUT2D eigenvalue weighted by atomic mass is 19.1. The van der Waals surface area contributed by atoms with Crippen molar-refractivity contribution in [2.75, 3.05) is 17.7 Å². The third-order valence-electron chi connectivity index (χ3n) is 2.43. The molecule has 0 saturated heterocycles. The first-order chi connectivity index (χ1) is 8.19. The fourth-order valence-corrected chi connectivity index (χ4v) is 1.52. The molecule has 4 heteroatoms. The minimum atomic E-state index is -0.264. The number of hydrogen-bond donors (Lipinski definition) is 2. The van der Waals surface area contributed by atoms with Gasteiger partial charge in [-0.1, -0.05) is 6.07 Å². The number of anilines is 3. The summed E-state index contributed by atoms with van der Waals surface area (Å²) in [5.74, 6) is -0.264. The minimum Gasteiger partial charge on any atom is -0.387 e. The first kappa shape index (κ1) is 11.4. The van der Waals surface area contributed by atoms with Gasteiger partial charge in [-0.3, -0.25) is 4.98 Å². The molecule has 0 amide bonds. The van der Waals surface area contributed by atoms with Crippen LogP contribution < -0.4 is 10.6 Å². The molecule has 0 saturated carbocycles. The molecular weight excluding hydrogens is 217 g/mol. The lowest BCUT2D eigenvalue weighted by atomic mass is 10.2. The number of halogens is 1. The molecule has 0 atom stereocenters. The molecule has 2 aromatic rings. The number of aryl methyl sites for hydroxylation is 1. The van der Waals surface area contributed by atoms with Crippen LogP contribution in [-0.2, 0) is 0 Å². The van der Waals surface area contributed by atoms with E-state index in [1.807, 2.05) is 26.1 Å². The van der Waals surface area contributed by atoms with Crippen molar-refractivity contribution < 1.29 is 4.39 Å². The Hall–Kier alpha value is -2.10. The number of aromatic nitrogens is 1. The van der Waals surface area contributed by atoms with E-state index < -0.39 is 0 Å². The van der Waals surface area contributed by atoms with E-state index in [0.717, 1.165) is 16.9 Å². The summed E-state index contributed by atoms with van der Waals surface area (Å²) >= 11 is 0. The first-order valence-electron chi connectivity index (χ1n) is 5.35. The van der Waals surface area contributed by atoms with Gasteiger partial charge in [-0.15, -0.1) is 0 Å². The van der Waals surface area contributed by atoms with Gasteiger partial charge in [0.05, 0.1) is 29.5 Å². The number of benzene rings is 1. The standard InChI is InChI=1S/C13H14FN3/c1-9-3-4-13(12(14)5-9)17-11-6-10(15-2)7-16-8-11/h3-8,15,17H,1-2H3. The zero-order valence-corrected chi connectivity index (χ0v) is 9.79. The van der Waals surface area contributed by atoms with Crippen molar-refractivity contribution in [1.82, 2.24) is 4.98 Å². The van der Waals surface area contributed by atoms with E-state index in [2.05, 4.69) is 15.6 Å². The zero-order valence-electron chi connectivity index (χ0n) is 9.79. The molecule has 0 aliphatic heterocycles. The molecule has 0 radical (unpaired) electrons. The molecule has 0 bridgehead atoms. The van der Waals surface area contributed by atoms with Gasteiger partial charge in [-0.2, -0.15) is 0 Å². The SMILES string of the molecule is CNc1cncc(Nc2ccc(C)cc2F)c1. The van der Waals surface area contributed by atoms with Gasteiger partial charge in [0.2, 0.25) is 0 Å². The van der Waals surface area contributed by atoms with Crippen molar-refractivity contribution in [2.24, 2.45) is 0 Å². The second-order valence-corrected chi connectivity index (χ2v) is 3.82. The van der Waals surface area contributed by atoms with E-state index in [9.17, 15) is 4.39 Å². The fraction of sp³-hybridized carbons (Fsp3) is 0.154. The van der Waals surface area contributed by atoms with Gasteiger partial charge in [-0.05, 0) is 30.7 Å². The Kier molecular flexibility index (Phi) is 3.23. The van der Waals surface area contributed by atoms with Crippen LogP contribution in [0.1, 0.15) is 5.56 Å². The normalized spacial score (nSPS) is 10.1. The van der Waals surface area contributed by atoms with Crippen LogP contribution in [-0.4, -0.2) is 12.0 Å². The molecule has 2 N–H and O–H groups in total. The van der Waals surface area contributed by atoms with Crippen molar-refractivity contribution in [3.05, 3.63) is 48.0 Å². The van der Waals surface area contributed by atoms with E-state index in [4.69, 9.17) is 0 Å². The van der Waals surface area contributed by atoms with Crippen molar-refractivity contribution in [1.29, 1.82) is 0 Å². The van der Waals surface area contributed by atoms with Crippen LogP contribution in [0.5, 0.6) is 0 Å². The first-order valence-corrected chi connectivity index (χ1v) is 5.35. The second kappa shape index (κ2) is 4.82. The van der Waals surface area contributed by atoms with Gasteiger partial charge in [-0.25, -0.2) is 4.39 Å². The molecule has 88 valence electrons. The smallest absolute Gasteiger partial charge is 0.146 e. The van der Waals surface area contributed by atoms with Crippen LogP contribution in [0.15, 0.2) is 36.7 Å². The maximum absolute atomic E-state index is 13.6. The molecule has 1 aromatic heterocycles. The number of hydrogen-bond acceptors (Lipinski definition) is 3. The molecule has 0 aliphatic rings. The summed E-state index contributed by atoms with van der Waals surface area (Å²) in [6.45, 7) is 1.86. The number of nitrogens with one attached hydrogen (secondary N) is 2. The van der Waals surface area contributed by atoms with Gasteiger partial charge in [0.15, 0.2) is 0 Å². The molecule has 2 rings (SSSR count). The topological polar surface area (TPSA) is 37.0 Å². The lowest BCUT2D eigenvalue weighted by Gasteiger charge is -2.09. The molecule has 0 unspecified atom stereocenters. The monoisotopic (exact) mass is 231 g/mol. The van der Waals surface area contributed by atoms with Crippen LogP contribution in [0.2, 0.25) is 0 Å². The largest absolute Gasteiger partial charge is 0.387 e. The third-order valence-corrected chi connectivity index (χ3v) is 2.43. The van der Waals surface area contributed by atoms with Crippen LogP contribution in [0.3, 0.4) is 0 Å². The Morgan fingerprint density at radius 2 is 1.88 bits per heavy atom. The van der Waals surface area contributed by atoms with Gasteiger partial charge in [0.1, 0.15) is 5.82 Å². The van der Waals surface area contributed by atoms with Crippen molar-refractivity contribution in [3.8, 4) is 0 Å². The molecule has 0 spiro atoms. The van der Waals surface area contributed by atoms with Gasteiger partial charge >= 0.3 is 0 Å². The number of rotatable bonds is 3. The molecular formula is C13H14FN3. The average molecular weight is 231 g/mol. The van der Waals surface area contributed by atoms with E-state index in [0.29, 0.717) is 5.69 Å². The average Bonchev–Trinajstić information content (AvgIpc) is 2.33. The van der Waals surface area contributed by atoms with E-state index >= 15 is 0 Å². The Bertz CT molecular complexity index is 526. The van der Waals surface area contributed by atoms with Crippen molar-refractivity contribution in [3.63, 3.8) is 0 Å². The zero-order chi connectivity index (χ0) is 12.3. The Morgan fingerprint density at radius 3 is 2.59 bits per heavy atom. The summed E-state index contributed by atoms with van der Waals surface area (Å²) in [7, 11) is 1.81. The maximum atomic E-state index is 13.6. The van der Waals surface area contributed by atoms with Gasteiger partial charge in [0, 0.05) is 7.05 Å². The second-order valence-electron chi connectivity index (χ2n) is 3.82. The molecule has 1 aromatic carbocycles. The highest BCUT2D eigenvalue weighted by molar-refractivity contribution is 5.63. The lowest BCUT2D eigenvalue weighted by Crippen LogP contribution is -1.96. The minimum absolute atomic E-state index is 0.264. The quantitative estimate of drug-likeness (QED) is 0.850. The summed E-state index contributed by atoms with van der Waals surface area (Å²) in [5, 5.41) is 5.98. The predicted molar refractivity (Wildman–Crippen MR) is 68.2 cm³/mol. The summed E-state index contributed by atoms with van der Waals surface area (Å²) in [5.41, 5.74) is 2.97. The third kappa shape index (κ3) is 2.72. The molecule has 17 heavy (non-hydrogen) atoms. The van der Waals surface area contributed by atoms with Crippen molar-refractivity contribution >= 4 is 17.1 Å². The van der Waals surface area contributed by atoms with Crippen LogP contribution in [0.4, 0.5) is 21.5 Å². The van der Waals surface area contributed by atoms with E-state index in [1.54, 1.807) is 18.5 Å². The Morgan fingerprint density at radius 1 is 1.12 bits per heavy atom. The Labute approximate surface area is 99.7 Å². The maximum Gasteiger partial charge on any atom is 0.146 e. The molecule has 0 fully saturated rings. The highest BCUT2D eigenvalue weighted by Gasteiger charge is 2.03. The molecule has 1 heterocycles. The van der Waals surface area contributed by atoms with Crippen LogP contribution in [0.25, 0.3) is 0 Å². The van der Waals surface area contributed by atoms with Gasteiger partial charge in [0.25, 0.3) is 0 Å². The van der Waals surface area contributed by atoms with Crippen LogP contribution in [0, 0.1) is 12.7 Å². The number of pyridine rings is 1. The fourth-order valence-electron chi connectivity index (χ4n) is 1.52. The lowest BCUT2D eigenvalue weighted by molar-refractivity contribution is 0.630. The molecule has 0 aliphatic carbocycles. The van der Waals surface area contributed by atoms with Crippen molar-refractivity contribution in [2.45, 2.75) is 6.92 Å². The summed E-state index contributed by atoms with van der Waals surface area (Å²) in [4.78, 5) is 4.05. The Balaban J connectivity index is 2.25. The molecule has 3 nitrogen and oxygen atoms in total. The van der Waals surface area contributed by atoms with Gasteiger partial charge < -0.3 is 10.6 Å². The predicted octanol–water partition coefficient (Wildman–Crippen LogP) is 3.31. The van der Waals surface area contributed by atoms with E-state index in [-0.39, 0.29) is 5.82 Å². The summed E-state index contributed by atoms with van der Waals surface area (Å²) in [6.07, 6.45) is 3.36.